The second-order valence-corrected chi connectivity index (χ2v) is 10.1. The quantitative estimate of drug-likeness (QED) is 0.332. The molecule has 1 saturated heterocycles. The summed E-state index contributed by atoms with van der Waals surface area (Å²) < 4.78 is 7.15. The van der Waals surface area contributed by atoms with Gasteiger partial charge in [0.25, 0.3) is 0 Å². The van der Waals surface area contributed by atoms with Crippen molar-refractivity contribution in [2.24, 2.45) is 0 Å². The molecular weight excluding hydrogens is 496 g/mol. The molecule has 1 fully saturated rings. The fraction of sp³-hybridized carbons (Fsp3) is 0.321. The summed E-state index contributed by atoms with van der Waals surface area (Å²) in [6.45, 7) is 5.35. The largest absolute Gasteiger partial charge is 0.481 e. The number of ether oxygens (including phenoxy) is 1. The number of anilines is 1. The fourth-order valence-electron chi connectivity index (χ4n) is 4.44. The molecule has 1 atom stereocenters. The molecule has 0 amide bonds. The number of carbonyl (C=O) groups is 1. The van der Waals surface area contributed by atoms with Crippen LogP contribution in [-0.2, 0) is 21.5 Å². The molecule has 1 aliphatic heterocycles. The van der Waals surface area contributed by atoms with Crippen LogP contribution in [0.1, 0.15) is 43.6 Å². The molecule has 1 aliphatic rings. The Labute approximate surface area is 225 Å². The normalized spacial score (nSPS) is 15.2. The number of benzene rings is 1. The van der Waals surface area contributed by atoms with Gasteiger partial charge in [-0.05, 0) is 36.8 Å². The van der Waals surface area contributed by atoms with Gasteiger partial charge >= 0.3 is 5.97 Å². The summed E-state index contributed by atoms with van der Waals surface area (Å²) in [6.07, 6.45) is 2.63. The van der Waals surface area contributed by atoms with E-state index in [0.29, 0.717) is 54.0 Å². The maximum Gasteiger partial charge on any atom is 0.304 e. The van der Waals surface area contributed by atoms with E-state index in [1.807, 2.05) is 50.2 Å². The summed E-state index contributed by atoms with van der Waals surface area (Å²) in [7, 11) is 0. The standard InChI is InChI=1S/C28H28N8O3/c1-28(2,13-26(37)38)25-8-4-7-20(30-25)15-36-16-24(34-35-36)23-12-22(19-6-3-5-18(11-19)14-29)32-27(33-23)31-21-9-10-39-17-21/h3-8,11-12,16,21H,9-10,13,15,17H2,1-2H3,(H,37,38)(H,31,32,33)/t21-/m0/s1. The first-order valence-corrected chi connectivity index (χ1v) is 12.6. The van der Waals surface area contributed by atoms with Crippen molar-refractivity contribution in [1.82, 2.24) is 29.9 Å². The molecule has 5 rings (SSSR count). The lowest BCUT2D eigenvalue weighted by molar-refractivity contribution is -0.138. The maximum atomic E-state index is 11.3. The number of carboxylic acids is 1. The minimum Gasteiger partial charge on any atom is -0.481 e. The van der Waals surface area contributed by atoms with Crippen LogP contribution in [-0.4, -0.2) is 60.3 Å². The van der Waals surface area contributed by atoms with Gasteiger partial charge in [0.1, 0.15) is 5.69 Å². The van der Waals surface area contributed by atoms with Gasteiger partial charge in [-0.3, -0.25) is 9.78 Å². The molecule has 39 heavy (non-hydrogen) atoms. The molecule has 198 valence electrons. The highest BCUT2D eigenvalue weighted by molar-refractivity contribution is 5.69. The van der Waals surface area contributed by atoms with E-state index in [1.54, 1.807) is 23.0 Å². The number of nitriles is 1. The summed E-state index contributed by atoms with van der Waals surface area (Å²) >= 11 is 0. The average molecular weight is 525 g/mol. The van der Waals surface area contributed by atoms with Gasteiger partial charge in [0.05, 0.1) is 60.5 Å². The highest BCUT2D eigenvalue weighted by atomic mass is 16.5. The second-order valence-electron chi connectivity index (χ2n) is 10.1. The Balaban J connectivity index is 1.43. The van der Waals surface area contributed by atoms with Crippen molar-refractivity contribution in [1.29, 1.82) is 5.26 Å². The lowest BCUT2D eigenvalue weighted by atomic mass is 9.85. The zero-order valence-electron chi connectivity index (χ0n) is 21.7. The van der Waals surface area contributed by atoms with Crippen molar-refractivity contribution >= 4 is 11.9 Å². The number of nitrogens with zero attached hydrogens (tertiary/aromatic N) is 7. The van der Waals surface area contributed by atoms with Crippen molar-refractivity contribution in [2.75, 3.05) is 18.5 Å². The Hall–Kier alpha value is -4.69. The van der Waals surface area contributed by atoms with Gasteiger partial charge < -0.3 is 15.2 Å². The van der Waals surface area contributed by atoms with Gasteiger partial charge in [0.15, 0.2) is 0 Å². The Morgan fingerprint density at radius 3 is 2.74 bits per heavy atom. The number of hydrogen-bond donors (Lipinski definition) is 2. The number of rotatable bonds is 9. The van der Waals surface area contributed by atoms with Crippen molar-refractivity contribution in [2.45, 2.75) is 44.7 Å². The van der Waals surface area contributed by atoms with Crippen LogP contribution in [0.15, 0.2) is 54.7 Å². The fourth-order valence-corrected chi connectivity index (χ4v) is 4.44. The summed E-state index contributed by atoms with van der Waals surface area (Å²) in [5, 5.41) is 30.6. The predicted molar refractivity (Wildman–Crippen MR) is 143 cm³/mol. The first-order chi connectivity index (χ1) is 18.8. The number of aliphatic carboxylic acids is 1. The minimum atomic E-state index is -0.869. The Kier molecular flexibility index (Phi) is 7.29. The highest BCUT2D eigenvalue weighted by Crippen LogP contribution is 2.27. The number of pyridine rings is 1. The molecule has 2 N–H and O–H groups in total. The third-order valence-electron chi connectivity index (χ3n) is 6.49. The van der Waals surface area contributed by atoms with Gasteiger partial charge in [-0.25, -0.2) is 14.6 Å². The van der Waals surface area contributed by atoms with E-state index in [2.05, 4.69) is 21.7 Å². The molecule has 11 nitrogen and oxygen atoms in total. The van der Waals surface area contributed by atoms with E-state index in [-0.39, 0.29) is 12.5 Å². The van der Waals surface area contributed by atoms with E-state index < -0.39 is 11.4 Å². The molecular formula is C28H28N8O3. The topological polar surface area (TPSA) is 152 Å². The van der Waals surface area contributed by atoms with Crippen LogP contribution in [0.5, 0.6) is 0 Å². The molecule has 0 radical (unpaired) electrons. The second kappa shape index (κ2) is 11.0. The molecule has 0 unspecified atom stereocenters. The number of carboxylic acid groups (broad SMARTS) is 1. The Morgan fingerprint density at radius 1 is 1.15 bits per heavy atom. The summed E-state index contributed by atoms with van der Waals surface area (Å²) in [6, 6.07) is 16.9. The van der Waals surface area contributed by atoms with Crippen molar-refractivity contribution in [3.63, 3.8) is 0 Å². The van der Waals surface area contributed by atoms with Gasteiger partial charge in [0, 0.05) is 23.3 Å². The van der Waals surface area contributed by atoms with Crippen LogP contribution in [0.3, 0.4) is 0 Å². The number of hydrogen-bond acceptors (Lipinski definition) is 9. The molecule has 3 aromatic heterocycles. The monoisotopic (exact) mass is 524 g/mol. The number of aromatic nitrogens is 6. The van der Waals surface area contributed by atoms with E-state index in [0.717, 1.165) is 17.7 Å². The van der Waals surface area contributed by atoms with Crippen LogP contribution in [0, 0.1) is 11.3 Å². The van der Waals surface area contributed by atoms with Crippen LogP contribution >= 0.6 is 0 Å². The predicted octanol–water partition coefficient (Wildman–Crippen LogP) is 3.67. The lowest BCUT2D eigenvalue weighted by Gasteiger charge is -2.22. The van der Waals surface area contributed by atoms with E-state index in [1.165, 1.54) is 0 Å². The van der Waals surface area contributed by atoms with Crippen LogP contribution < -0.4 is 5.32 Å². The molecule has 0 spiro atoms. The van der Waals surface area contributed by atoms with Gasteiger partial charge in [-0.2, -0.15) is 5.26 Å². The maximum absolute atomic E-state index is 11.3. The van der Waals surface area contributed by atoms with Crippen molar-refractivity contribution < 1.29 is 14.6 Å². The van der Waals surface area contributed by atoms with Crippen molar-refractivity contribution in [3.05, 3.63) is 71.7 Å². The van der Waals surface area contributed by atoms with Gasteiger partial charge in [-0.1, -0.05) is 37.3 Å². The van der Waals surface area contributed by atoms with Crippen LogP contribution in [0.2, 0.25) is 0 Å². The van der Waals surface area contributed by atoms with Crippen LogP contribution in [0.4, 0.5) is 5.95 Å². The van der Waals surface area contributed by atoms with E-state index in [9.17, 15) is 15.2 Å². The number of nitrogens with one attached hydrogen (secondary N) is 1. The molecule has 4 aromatic rings. The molecule has 4 heterocycles. The SMILES string of the molecule is CC(C)(CC(=O)O)c1cccc(Cn2cc(-c3cc(-c4cccc(C#N)c4)nc(N[C@H]4CCOC4)n3)nn2)n1. The molecule has 0 saturated carbocycles. The highest BCUT2D eigenvalue weighted by Gasteiger charge is 2.26. The first kappa shape index (κ1) is 25.9. The average Bonchev–Trinajstić information content (AvgIpc) is 3.60. The summed E-state index contributed by atoms with van der Waals surface area (Å²) in [5.74, 6) is -0.420. The zero-order chi connectivity index (χ0) is 27.4. The van der Waals surface area contributed by atoms with Crippen molar-refractivity contribution in [3.8, 4) is 28.7 Å². The lowest BCUT2D eigenvalue weighted by Crippen LogP contribution is -2.23. The summed E-state index contributed by atoms with van der Waals surface area (Å²) in [5.41, 5.74) is 3.96. The van der Waals surface area contributed by atoms with Crippen LogP contribution in [0.25, 0.3) is 22.6 Å². The first-order valence-electron chi connectivity index (χ1n) is 12.6. The third-order valence-corrected chi connectivity index (χ3v) is 6.49. The third kappa shape index (κ3) is 6.25. The van der Waals surface area contributed by atoms with E-state index in [4.69, 9.17) is 19.7 Å². The minimum absolute atomic E-state index is 0.0202. The smallest absolute Gasteiger partial charge is 0.304 e. The Morgan fingerprint density at radius 2 is 1.97 bits per heavy atom. The van der Waals surface area contributed by atoms with Gasteiger partial charge in [0.2, 0.25) is 5.95 Å². The Bertz CT molecular complexity index is 1540. The summed E-state index contributed by atoms with van der Waals surface area (Å²) in [4.78, 5) is 25.4. The molecule has 1 aromatic carbocycles. The molecule has 0 aliphatic carbocycles. The van der Waals surface area contributed by atoms with Gasteiger partial charge in [-0.15, -0.1) is 5.10 Å². The molecule has 0 bridgehead atoms. The zero-order valence-corrected chi connectivity index (χ0v) is 21.7. The molecule has 11 heteroatoms. The van der Waals surface area contributed by atoms with E-state index >= 15 is 0 Å².